The minimum atomic E-state index is -0.390. The zero-order chi connectivity index (χ0) is 13.0. The molecule has 2 aromatic rings. The van der Waals surface area contributed by atoms with Crippen LogP contribution in [0.25, 0.3) is 0 Å². The van der Waals surface area contributed by atoms with Crippen LogP contribution in [0.3, 0.4) is 0 Å². The first-order valence-corrected chi connectivity index (χ1v) is 5.22. The van der Waals surface area contributed by atoms with Gasteiger partial charge in [-0.2, -0.15) is 0 Å². The minimum absolute atomic E-state index is 0.154. The third kappa shape index (κ3) is 2.54. The fourth-order valence-corrected chi connectivity index (χ4v) is 1.42. The smallest absolute Gasteiger partial charge is 0.276 e. The molecular weight excluding hydrogens is 232 g/mol. The summed E-state index contributed by atoms with van der Waals surface area (Å²) >= 11 is 0. The molecule has 0 radical (unpaired) electrons. The molecule has 0 saturated carbocycles. The molecule has 0 spiro atoms. The Hall–Kier alpha value is -2.63. The highest BCUT2D eigenvalue weighted by Crippen LogP contribution is 2.23. The molecule has 18 heavy (non-hydrogen) atoms. The summed E-state index contributed by atoms with van der Waals surface area (Å²) in [4.78, 5) is 19.6. The maximum Gasteiger partial charge on any atom is 0.276 e. The predicted octanol–water partition coefficient (Wildman–Crippen LogP) is 1.32. The van der Waals surface area contributed by atoms with Crippen LogP contribution in [0.4, 0.5) is 11.5 Å². The quantitative estimate of drug-likeness (QED) is 0.849. The van der Waals surface area contributed by atoms with Gasteiger partial charge in [0.05, 0.1) is 25.2 Å². The van der Waals surface area contributed by atoms with E-state index in [0.29, 0.717) is 11.4 Å². The summed E-state index contributed by atoms with van der Waals surface area (Å²) in [6.45, 7) is 0. The van der Waals surface area contributed by atoms with Crippen molar-refractivity contribution in [3.05, 3.63) is 42.4 Å². The molecule has 0 atom stereocenters. The fourth-order valence-electron chi connectivity index (χ4n) is 1.42. The van der Waals surface area contributed by atoms with E-state index in [-0.39, 0.29) is 17.4 Å². The van der Waals surface area contributed by atoms with Crippen LogP contribution in [0.2, 0.25) is 0 Å². The van der Waals surface area contributed by atoms with Gasteiger partial charge < -0.3 is 15.8 Å². The third-order valence-electron chi connectivity index (χ3n) is 2.24. The second kappa shape index (κ2) is 5.13. The van der Waals surface area contributed by atoms with Gasteiger partial charge in [-0.1, -0.05) is 12.1 Å². The number of hydrogen-bond donors (Lipinski definition) is 2. The van der Waals surface area contributed by atoms with Crippen molar-refractivity contribution in [3.63, 3.8) is 0 Å². The third-order valence-corrected chi connectivity index (χ3v) is 2.24. The van der Waals surface area contributed by atoms with Crippen molar-refractivity contribution >= 4 is 17.4 Å². The molecule has 0 fully saturated rings. The average Bonchev–Trinajstić information content (AvgIpc) is 2.39. The number of para-hydroxylation sites is 2. The Balaban J connectivity index is 2.21. The number of hydrogen-bond acceptors (Lipinski definition) is 5. The van der Waals surface area contributed by atoms with Gasteiger partial charge in [0.25, 0.3) is 5.91 Å². The number of aromatic nitrogens is 2. The summed E-state index contributed by atoms with van der Waals surface area (Å²) in [5, 5.41) is 2.68. The lowest BCUT2D eigenvalue weighted by molar-refractivity contribution is 0.102. The predicted molar refractivity (Wildman–Crippen MR) is 67.4 cm³/mol. The highest BCUT2D eigenvalue weighted by molar-refractivity contribution is 6.03. The van der Waals surface area contributed by atoms with Crippen LogP contribution in [-0.2, 0) is 0 Å². The van der Waals surface area contributed by atoms with E-state index >= 15 is 0 Å². The number of nitrogen functional groups attached to an aromatic ring is 1. The normalized spacial score (nSPS) is 9.83. The lowest BCUT2D eigenvalue weighted by Crippen LogP contribution is -2.15. The SMILES string of the molecule is COc1ccccc1NC(=O)c1cncc(N)n1. The number of nitrogens with two attached hydrogens (primary N) is 1. The molecule has 0 saturated heterocycles. The van der Waals surface area contributed by atoms with Crippen molar-refractivity contribution in [1.82, 2.24) is 9.97 Å². The highest BCUT2D eigenvalue weighted by Gasteiger charge is 2.11. The van der Waals surface area contributed by atoms with Crippen LogP contribution in [0.1, 0.15) is 10.5 Å². The number of benzene rings is 1. The molecular formula is C12H12N4O2. The maximum absolute atomic E-state index is 11.9. The number of anilines is 2. The van der Waals surface area contributed by atoms with Crippen molar-refractivity contribution in [2.75, 3.05) is 18.2 Å². The van der Waals surface area contributed by atoms with Gasteiger partial charge in [0, 0.05) is 0 Å². The molecule has 1 aromatic heterocycles. The summed E-state index contributed by atoms with van der Waals surface area (Å²) in [7, 11) is 1.53. The largest absolute Gasteiger partial charge is 0.495 e. The number of carbonyl (C=O) groups is 1. The van der Waals surface area contributed by atoms with Gasteiger partial charge in [0.1, 0.15) is 17.3 Å². The summed E-state index contributed by atoms with van der Waals surface area (Å²) in [6.07, 6.45) is 2.72. The Morgan fingerprint density at radius 3 is 2.83 bits per heavy atom. The molecule has 0 bridgehead atoms. The average molecular weight is 244 g/mol. The van der Waals surface area contributed by atoms with Gasteiger partial charge >= 0.3 is 0 Å². The number of nitrogens with zero attached hydrogens (tertiary/aromatic N) is 2. The Morgan fingerprint density at radius 1 is 1.33 bits per heavy atom. The molecule has 0 aliphatic carbocycles. The van der Waals surface area contributed by atoms with Gasteiger partial charge in [0.2, 0.25) is 0 Å². The molecule has 92 valence electrons. The van der Waals surface area contributed by atoms with Crippen LogP contribution in [-0.4, -0.2) is 23.0 Å². The van der Waals surface area contributed by atoms with Gasteiger partial charge in [-0.15, -0.1) is 0 Å². The van der Waals surface area contributed by atoms with Crippen molar-refractivity contribution in [3.8, 4) is 5.75 Å². The van der Waals surface area contributed by atoms with Gasteiger partial charge in [-0.25, -0.2) is 4.98 Å². The Kier molecular flexibility index (Phi) is 3.38. The summed E-state index contributed by atoms with van der Waals surface area (Å²) in [6, 6.07) is 7.09. The van der Waals surface area contributed by atoms with E-state index in [4.69, 9.17) is 10.5 Å². The second-order valence-corrected chi connectivity index (χ2v) is 3.48. The number of carbonyl (C=O) groups excluding carboxylic acids is 1. The number of rotatable bonds is 3. The van der Waals surface area contributed by atoms with Gasteiger partial charge in [-0.3, -0.25) is 9.78 Å². The van der Waals surface area contributed by atoms with Crippen molar-refractivity contribution < 1.29 is 9.53 Å². The van der Waals surface area contributed by atoms with Crippen LogP contribution in [0.15, 0.2) is 36.7 Å². The first kappa shape index (κ1) is 11.8. The van der Waals surface area contributed by atoms with Gasteiger partial charge in [-0.05, 0) is 12.1 Å². The van der Waals surface area contributed by atoms with E-state index in [9.17, 15) is 4.79 Å². The van der Waals surface area contributed by atoms with Crippen molar-refractivity contribution in [2.45, 2.75) is 0 Å². The van der Waals surface area contributed by atoms with E-state index < -0.39 is 0 Å². The number of methoxy groups -OCH3 is 1. The van der Waals surface area contributed by atoms with Crippen LogP contribution >= 0.6 is 0 Å². The minimum Gasteiger partial charge on any atom is -0.495 e. The zero-order valence-electron chi connectivity index (χ0n) is 9.75. The molecule has 2 rings (SSSR count). The van der Waals surface area contributed by atoms with Crippen molar-refractivity contribution in [2.24, 2.45) is 0 Å². The van der Waals surface area contributed by atoms with E-state index in [1.807, 2.05) is 6.07 Å². The van der Waals surface area contributed by atoms with Crippen molar-refractivity contribution in [1.29, 1.82) is 0 Å². The molecule has 1 aromatic carbocycles. The van der Waals surface area contributed by atoms with Crippen LogP contribution in [0, 0.1) is 0 Å². The van der Waals surface area contributed by atoms with Crippen LogP contribution < -0.4 is 15.8 Å². The molecule has 0 unspecified atom stereocenters. The van der Waals surface area contributed by atoms with E-state index in [1.165, 1.54) is 19.5 Å². The van der Waals surface area contributed by atoms with E-state index in [2.05, 4.69) is 15.3 Å². The lowest BCUT2D eigenvalue weighted by Gasteiger charge is -2.09. The zero-order valence-corrected chi connectivity index (χ0v) is 9.75. The molecule has 0 aliphatic heterocycles. The molecule has 1 heterocycles. The Bertz CT molecular complexity index is 572. The molecule has 1 amide bonds. The lowest BCUT2D eigenvalue weighted by atomic mass is 10.3. The first-order valence-electron chi connectivity index (χ1n) is 5.22. The Morgan fingerprint density at radius 2 is 2.11 bits per heavy atom. The number of nitrogens with one attached hydrogen (secondary N) is 1. The maximum atomic E-state index is 11.9. The first-order chi connectivity index (χ1) is 8.70. The second-order valence-electron chi connectivity index (χ2n) is 3.48. The molecule has 3 N–H and O–H groups in total. The fraction of sp³-hybridized carbons (Fsp3) is 0.0833. The highest BCUT2D eigenvalue weighted by atomic mass is 16.5. The topological polar surface area (TPSA) is 90.1 Å². The van der Waals surface area contributed by atoms with Crippen LogP contribution in [0.5, 0.6) is 5.75 Å². The summed E-state index contributed by atoms with van der Waals surface area (Å²) in [5.74, 6) is 0.379. The standard InChI is InChI=1S/C12H12N4O2/c1-18-10-5-3-2-4-8(10)16-12(17)9-6-14-7-11(13)15-9/h2-7H,1H3,(H2,13,15)(H,16,17). The molecule has 6 nitrogen and oxygen atoms in total. The molecule has 0 aliphatic rings. The van der Waals surface area contributed by atoms with Gasteiger partial charge in [0.15, 0.2) is 0 Å². The summed E-state index contributed by atoms with van der Waals surface area (Å²) < 4.78 is 5.13. The monoisotopic (exact) mass is 244 g/mol. The van der Waals surface area contributed by atoms with E-state index in [0.717, 1.165) is 0 Å². The number of amides is 1. The summed E-state index contributed by atoms with van der Waals surface area (Å²) in [5.41, 5.74) is 6.19. The van der Waals surface area contributed by atoms with E-state index in [1.54, 1.807) is 18.2 Å². The molecule has 6 heteroatoms. The Labute approximate surface area is 104 Å². The number of ether oxygens (including phenoxy) is 1.